The van der Waals surface area contributed by atoms with Gasteiger partial charge in [-0.1, -0.05) is 47.6 Å². The van der Waals surface area contributed by atoms with Crippen LogP contribution >= 0.6 is 0 Å². The average molecular weight is 309 g/mol. The Balaban J connectivity index is 2.08. The van der Waals surface area contributed by atoms with Gasteiger partial charge < -0.3 is 14.3 Å². The van der Waals surface area contributed by atoms with Crippen LogP contribution in [-0.2, 0) is 9.63 Å². The summed E-state index contributed by atoms with van der Waals surface area (Å²) in [5.41, 5.74) is 2.40. The minimum atomic E-state index is -0.492. The summed E-state index contributed by atoms with van der Waals surface area (Å²) in [6, 6.07) is 14.9. The molecule has 5 heteroatoms. The van der Waals surface area contributed by atoms with Gasteiger partial charge in [0.2, 0.25) is 0 Å². The third kappa shape index (κ3) is 2.81. The summed E-state index contributed by atoms with van der Waals surface area (Å²) in [6.45, 7) is 0. The molecule has 1 heterocycles. The van der Waals surface area contributed by atoms with E-state index in [0.29, 0.717) is 28.3 Å². The van der Waals surface area contributed by atoms with Crippen molar-refractivity contribution in [1.82, 2.24) is 0 Å². The molecule has 0 N–H and O–H groups in total. The van der Waals surface area contributed by atoms with Crippen molar-refractivity contribution in [2.45, 2.75) is 0 Å². The fraction of sp³-hybridized carbons (Fsp3) is 0.111. The first kappa shape index (κ1) is 14.8. The largest absolute Gasteiger partial charge is 0.493 e. The number of methoxy groups -OCH3 is 2. The van der Waals surface area contributed by atoms with Gasteiger partial charge in [0.05, 0.1) is 19.8 Å². The molecule has 0 bridgehead atoms. The van der Waals surface area contributed by atoms with Gasteiger partial charge in [-0.25, -0.2) is 4.79 Å². The SMILES string of the molecule is COc1cccc(/C=C2/C(=O)ON=C2c2ccccc2)c1OC. The first-order valence-electron chi connectivity index (χ1n) is 7.02. The lowest BCUT2D eigenvalue weighted by molar-refractivity contribution is -0.136. The van der Waals surface area contributed by atoms with E-state index in [0.717, 1.165) is 5.56 Å². The van der Waals surface area contributed by atoms with Crippen molar-refractivity contribution in [2.24, 2.45) is 5.16 Å². The van der Waals surface area contributed by atoms with Gasteiger partial charge in [0.25, 0.3) is 0 Å². The minimum Gasteiger partial charge on any atom is -0.493 e. The van der Waals surface area contributed by atoms with Crippen LogP contribution in [0.25, 0.3) is 6.08 Å². The summed E-state index contributed by atoms with van der Waals surface area (Å²) in [5.74, 6) is 0.648. The Morgan fingerprint density at radius 2 is 1.78 bits per heavy atom. The van der Waals surface area contributed by atoms with Crippen molar-refractivity contribution in [3.63, 3.8) is 0 Å². The summed E-state index contributed by atoms with van der Waals surface area (Å²) in [4.78, 5) is 16.9. The highest BCUT2D eigenvalue weighted by atomic mass is 16.7. The Labute approximate surface area is 133 Å². The summed E-state index contributed by atoms with van der Waals surface area (Å²) >= 11 is 0. The van der Waals surface area contributed by atoms with Gasteiger partial charge in [0, 0.05) is 11.1 Å². The maximum atomic E-state index is 12.0. The van der Waals surface area contributed by atoms with Gasteiger partial charge in [-0.15, -0.1) is 0 Å². The van der Waals surface area contributed by atoms with Gasteiger partial charge >= 0.3 is 5.97 Å². The zero-order valence-corrected chi connectivity index (χ0v) is 12.8. The number of oxime groups is 1. The molecule has 23 heavy (non-hydrogen) atoms. The molecule has 3 rings (SSSR count). The van der Waals surface area contributed by atoms with Crippen LogP contribution < -0.4 is 9.47 Å². The molecular weight excluding hydrogens is 294 g/mol. The van der Waals surface area contributed by atoms with Crippen LogP contribution in [0.3, 0.4) is 0 Å². The predicted molar refractivity (Wildman–Crippen MR) is 86.6 cm³/mol. The van der Waals surface area contributed by atoms with E-state index in [9.17, 15) is 4.79 Å². The first-order chi connectivity index (χ1) is 11.2. The smallest absolute Gasteiger partial charge is 0.368 e. The van der Waals surface area contributed by atoms with Crippen LogP contribution in [0.2, 0.25) is 0 Å². The van der Waals surface area contributed by atoms with Crippen molar-refractivity contribution in [2.75, 3.05) is 14.2 Å². The average Bonchev–Trinajstić information content (AvgIpc) is 2.96. The summed E-state index contributed by atoms with van der Waals surface area (Å²) in [7, 11) is 3.12. The summed E-state index contributed by atoms with van der Waals surface area (Å²) in [6.07, 6.45) is 1.70. The molecule has 0 amide bonds. The first-order valence-corrected chi connectivity index (χ1v) is 7.02. The van der Waals surface area contributed by atoms with Gasteiger partial charge in [-0.3, -0.25) is 0 Å². The molecule has 116 valence electrons. The lowest BCUT2D eigenvalue weighted by Crippen LogP contribution is -2.07. The van der Waals surface area contributed by atoms with E-state index >= 15 is 0 Å². The van der Waals surface area contributed by atoms with Crippen molar-refractivity contribution >= 4 is 17.8 Å². The van der Waals surface area contributed by atoms with Crippen LogP contribution in [0.4, 0.5) is 0 Å². The standard InChI is InChI=1S/C18H15NO4/c1-21-15-10-6-9-13(17(15)22-2)11-14-16(19-23-18(14)20)12-7-4-3-5-8-12/h3-11H,1-2H3/b14-11+. The molecule has 1 aliphatic heterocycles. The second-order valence-electron chi connectivity index (χ2n) is 4.83. The molecule has 0 saturated heterocycles. The zero-order valence-electron chi connectivity index (χ0n) is 12.8. The highest BCUT2D eigenvalue weighted by Gasteiger charge is 2.27. The van der Waals surface area contributed by atoms with Crippen LogP contribution in [0.1, 0.15) is 11.1 Å². The van der Waals surface area contributed by atoms with E-state index < -0.39 is 5.97 Å². The van der Waals surface area contributed by atoms with Crippen LogP contribution in [0.15, 0.2) is 59.3 Å². The summed E-state index contributed by atoms with van der Waals surface area (Å²) < 4.78 is 10.7. The molecule has 0 fully saturated rings. The zero-order chi connectivity index (χ0) is 16.2. The van der Waals surface area contributed by atoms with Gasteiger partial charge in [-0.2, -0.15) is 0 Å². The number of benzene rings is 2. The lowest BCUT2D eigenvalue weighted by Gasteiger charge is -2.10. The van der Waals surface area contributed by atoms with Crippen LogP contribution in [-0.4, -0.2) is 25.9 Å². The van der Waals surface area contributed by atoms with Crippen molar-refractivity contribution in [3.05, 3.63) is 65.2 Å². The van der Waals surface area contributed by atoms with E-state index in [-0.39, 0.29) is 0 Å². The molecule has 2 aromatic rings. The number of para-hydroxylation sites is 1. The van der Waals surface area contributed by atoms with E-state index in [1.807, 2.05) is 42.5 Å². The second-order valence-corrected chi connectivity index (χ2v) is 4.83. The number of carbonyl (C=O) groups is 1. The maximum absolute atomic E-state index is 12.0. The number of ether oxygens (including phenoxy) is 2. The number of hydrogen-bond donors (Lipinski definition) is 0. The monoisotopic (exact) mass is 309 g/mol. The van der Waals surface area contributed by atoms with Gasteiger partial charge in [-0.05, 0) is 12.1 Å². The molecule has 0 aliphatic carbocycles. The molecule has 0 aromatic heterocycles. The Kier molecular flexibility index (Phi) is 4.10. The summed E-state index contributed by atoms with van der Waals surface area (Å²) in [5, 5.41) is 3.89. The topological polar surface area (TPSA) is 57.1 Å². The van der Waals surface area contributed by atoms with Crippen molar-refractivity contribution < 1.29 is 19.1 Å². The lowest BCUT2D eigenvalue weighted by atomic mass is 10.0. The molecule has 0 spiro atoms. The quantitative estimate of drug-likeness (QED) is 0.643. The van der Waals surface area contributed by atoms with Crippen molar-refractivity contribution in [3.8, 4) is 11.5 Å². The van der Waals surface area contributed by atoms with Crippen molar-refractivity contribution in [1.29, 1.82) is 0 Å². The molecule has 0 atom stereocenters. The predicted octanol–water partition coefficient (Wildman–Crippen LogP) is 3.05. The second kappa shape index (κ2) is 6.36. The third-order valence-electron chi connectivity index (χ3n) is 3.48. The Morgan fingerprint density at radius 1 is 1.00 bits per heavy atom. The molecule has 0 saturated carbocycles. The molecule has 5 nitrogen and oxygen atoms in total. The highest BCUT2D eigenvalue weighted by Crippen LogP contribution is 2.33. The number of hydrogen-bond acceptors (Lipinski definition) is 5. The Morgan fingerprint density at radius 3 is 2.48 bits per heavy atom. The Hall–Kier alpha value is -3.08. The Bertz CT molecular complexity index is 794. The highest BCUT2D eigenvalue weighted by molar-refractivity contribution is 6.31. The van der Waals surface area contributed by atoms with Crippen LogP contribution in [0.5, 0.6) is 11.5 Å². The van der Waals surface area contributed by atoms with E-state index in [1.165, 1.54) is 0 Å². The normalized spacial score (nSPS) is 15.3. The minimum absolute atomic E-state index is 0.378. The number of nitrogens with zero attached hydrogens (tertiary/aromatic N) is 1. The van der Waals surface area contributed by atoms with Crippen LogP contribution in [0, 0.1) is 0 Å². The molecule has 2 aromatic carbocycles. The number of rotatable bonds is 4. The fourth-order valence-electron chi connectivity index (χ4n) is 2.39. The molecule has 1 aliphatic rings. The maximum Gasteiger partial charge on any atom is 0.368 e. The molecule has 0 unspecified atom stereocenters. The van der Waals surface area contributed by atoms with Gasteiger partial charge in [0.15, 0.2) is 11.5 Å². The third-order valence-corrected chi connectivity index (χ3v) is 3.48. The van der Waals surface area contributed by atoms with Gasteiger partial charge in [0.1, 0.15) is 5.71 Å². The fourth-order valence-corrected chi connectivity index (χ4v) is 2.39. The number of carbonyl (C=O) groups excluding carboxylic acids is 1. The molecule has 0 radical (unpaired) electrons. The van der Waals surface area contributed by atoms with E-state index in [2.05, 4.69) is 5.16 Å². The van der Waals surface area contributed by atoms with E-state index in [1.54, 1.807) is 26.4 Å². The molecular formula is C18H15NO4. The van der Waals surface area contributed by atoms with E-state index in [4.69, 9.17) is 14.3 Å².